The molecular formula is C10H5F4NO2. The average Bonchev–Trinajstić information content (AvgIpc) is 2.25. The predicted molar refractivity (Wildman–Crippen MR) is 47.5 cm³/mol. The van der Waals surface area contributed by atoms with Gasteiger partial charge in [-0.3, -0.25) is 0 Å². The highest BCUT2D eigenvalue weighted by Crippen LogP contribution is 2.33. The standard InChI is InChI=1S/C10H5F4NO2/c1-17-9(16)7-5(4-15)2-3-6(8(7)11)10(12,13)14/h2-3H,1H3. The molecule has 0 saturated carbocycles. The Morgan fingerprint density at radius 3 is 2.41 bits per heavy atom. The van der Waals surface area contributed by atoms with Crippen LogP contribution in [0.2, 0.25) is 0 Å². The Morgan fingerprint density at radius 2 is 2.00 bits per heavy atom. The van der Waals surface area contributed by atoms with Gasteiger partial charge in [-0.05, 0) is 12.1 Å². The first kappa shape index (κ1) is 13.0. The molecular weight excluding hydrogens is 242 g/mol. The molecule has 17 heavy (non-hydrogen) atoms. The number of carbonyl (C=O) groups is 1. The molecule has 0 aliphatic rings. The third-order valence-corrected chi connectivity index (χ3v) is 1.96. The number of hydrogen-bond donors (Lipinski definition) is 0. The lowest BCUT2D eigenvalue weighted by molar-refractivity contribution is -0.140. The van der Waals surface area contributed by atoms with Crippen LogP contribution in [0.25, 0.3) is 0 Å². The van der Waals surface area contributed by atoms with Gasteiger partial charge in [-0.2, -0.15) is 18.4 Å². The Labute approximate surface area is 93.2 Å². The molecule has 1 aromatic carbocycles. The number of rotatable bonds is 1. The summed E-state index contributed by atoms with van der Waals surface area (Å²) in [6.07, 6.45) is -4.94. The van der Waals surface area contributed by atoms with Crippen LogP contribution in [0.3, 0.4) is 0 Å². The Hall–Kier alpha value is -2.10. The maximum absolute atomic E-state index is 13.5. The summed E-state index contributed by atoms with van der Waals surface area (Å²) in [6, 6.07) is 2.55. The van der Waals surface area contributed by atoms with Crippen molar-refractivity contribution in [1.29, 1.82) is 5.26 Å². The Bertz CT molecular complexity index is 502. The van der Waals surface area contributed by atoms with Crippen LogP contribution in [0, 0.1) is 17.1 Å². The maximum atomic E-state index is 13.5. The lowest BCUT2D eigenvalue weighted by Crippen LogP contribution is -2.15. The van der Waals surface area contributed by atoms with E-state index in [1.54, 1.807) is 0 Å². The van der Waals surface area contributed by atoms with Gasteiger partial charge >= 0.3 is 12.1 Å². The van der Waals surface area contributed by atoms with Crippen molar-refractivity contribution in [2.24, 2.45) is 0 Å². The lowest BCUT2D eigenvalue weighted by Gasteiger charge is -2.11. The number of hydrogen-bond acceptors (Lipinski definition) is 3. The smallest absolute Gasteiger partial charge is 0.419 e. The Morgan fingerprint density at radius 1 is 1.41 bits per heavy atom. The van der Waals surface area contributed by atoms with E-state index >= 15 is 0 Å². The summed E-state index contributed by atoms with van der Waals surface area (Å²) in [6.45, 7) is 0. The fourth-order valence-electron chi connectivity index (χ4n) is 1.19. The maximum Gasteiger partial charge on any atom is 0.419 e. The third-order valence-electron chi connectivity index (χ3n) is 1.96. The Balaban J connectivity index is 3.56. The van der Waals surface area contributed by atoms with Gasteiger partial charge in [-0.15, -0.1) is 0 Å². The molecule has 0 aromatic heterocycles. The zero-order valence-corrected chi connectivity index (χ0v) is 8.43. The summed E-state index contributed by atoms with van der Waals surface area (Å²) in [4.78, 5) is 11.1. The molecule has 0 N–H and O–H groups in total. The fraction of sp³-hybridized carbons (Fsp3) is 0.200. The van der Waals surface area contributed by atoms with E-state index in [9.17, 15) is 22.4 Å². The van der Waals surface area contributed by atoms with Crippen molar-refractivity contribution in [3.05, 3.63) is 34.6 Å². The summed E-state index contributed by atoms with van der Waals surface area (Å²) in [5, 5.41) is 8.58. The number of alkyl halides is 3. The molecule has 1 aromatic rings. The van der Waals surface area contributed by atoms with Crippen LogP contribution in [0.4, 0.5) is 17.6 Å². The molecule has 3 nitrogen and oxygen atoms in total. The molecule has 0 aliphatic heterocycles. The minimum absolute atomic E-state index is 0.403. The largest absolute Gasteiger partial charge is 0.465 e. The predicted octanol–water partition coefficient (Wildman–Crippen LogP) is 2.50. The van der Waals surface area contributed by atoms with Crippen LogP contribution >= 0.6 is 0 Å². The summed E-state index contributed by atoms with van der Waals surface area (Å²) in [5.41, 5.74) is -3.14. The molecule has 0 spiro atoms. The highest BCUT2D eigenvalue weighted by molar-refractivity contribution is 5.92. The summed E-state index contributed by atoms with van der Waals surface area (Å²) >= 11 is 0. The second-order valence-corrected chi connectivity index (χ2v) is 2.95. The summed E-state index contributed by atoms with van der Waals surface area (Å²) in [5.74, 6) is -3.13. The summed E-state index contributed by atoms with van der Waals surface area (Å²) in [7, 11) is 0.878. The number of esters is 1. The van der Waals surface area contributed by atoms with Crippen molar-refractivity contribution in [2.75, 3.05) is 7.11 Å². The van der Waals surface area contributed by atoms with Crippen molar-refractivity contribution in [3.63, 3.8) is 0 Å². The quantitative estimate of drug-likeness (QED) is 0.566. The van der Waals surface area contributed by atoms with E-state index in [0.717, 1.165) is 13.2 Å². The second-order valence-electron chi connectivity index (χ2n) is 2.95. The number of ether oxygens (including phenoxy) is 1. The van der Waals surface area contributed by atoms with Gasteiger partial charge in [0.15, 0.2) is 5.82 Å². The monoisotopic (exact) mass is 247 g/mol. The van der Waals surface area contributed by atoms with Crippen molar-refractivity contribution < 1.29 is 27.1 Å². The van der Waals surface area contributed by atoms with Gasteiger partial charge in [0.25, 0.3) is 0 Å². The average molecular weight is 247 g/mol. The molecule has 0 radical (unpaired) electrons. The summed E-state index contributed by atoms with van der Waals surface area (Å²) < 4.78 is 54.7. The van der Waals surface area contributed by atoms with Gasteiger partial charge in [-0.25, -0.2) is 9.18 Å². The topological polar surface area (TPSA) is 50.1 Å². The van der Waals surface area contributed by atoms with Crippen molar-refractivity contribution in [3.8, 4) is 6.07 Å². The molecule has 0 amide bonds. The number of halogens is 4. The highest BCUT2D eigenvalue weighted by atomic mass is 19.4. The van der Waals surface area contributed by atoms with E-state index < -0.39 is 34.7 Å². The van der Waals surface area contributed by atoms with E-state index in [-0.39, 0.29) is 0 Å². The lowest BCUT2D eigenvalue weighted by atomic mass is 10.0. The minimum Gasteiger partial charge on any atom is -0.465 e. The van der Waals surface area contributed by atoms with Gasteiger partial charge < -0.3 is 4.74 Å². The van der Waals surface area contributed by atoms with E-state index in [4.69, 9.17) is 5.26 Å². The van der Waals surface area contributed by atoms with E-state index in [1.165, 1.54) is 6.07 Å². The molecule has 90 valence electrons. The second kappa shape index (κ2) is 4.41. The van der Waals surface area contributed by atoms with Crippen LogP contribution in [0.15, 0.2) is 12.1 Å². The molecule has 0 saturated heterocycles. The molecule has 0 aliphatic carbocycles. The first-order valence-corrected chi connectivity index (χ1v) is 4.21. The van der Waals surface area contributed by atoms with Gasteiger partial charge in [0.2, 0.25) is 0 Å². The minimum atomic E-state index is -4.94. The van der Waals surface area contributed by atoms with Crippen LogP contribution in [-0.2, 0) is 10.9 Å². The molecule has 0 fully saturated rings. The number of benzene rings is 1. The SMILES string of the molecule is COC(=O)c1c(C#N)ccc(C(F)(F)F)c1F. The zero-order valence-electron chi connectivity index (χ0n) is 8.43. The van der Waals surface area contributed by atoms with Gasteiger partial charge in [0.05, 0.1) is 18.2 Å². The van der Waals surface area contributed by atoms with Crippen molar-refractivity contribution in [1.82, 2.24) is 0 Å². The van der Waals surface area contributed by atoms with Gasteiger partial charge in [0, 0.05) is 0 Å². The van der Waals surface area contributed by atoms with Crippen LogP contribution in [0.5, 0.6) is 0 Å². The number of methoxy groups -OCH3 is 1. The van der Waals surface area contributed by atoms with Crippen molar-refractivity contribution in [2.45, 2.75) is 6.18 Å². The van der Waals surface area contributed by atoms with Gasteiger partial charge in [-0.1, -0.05) is 0 Å². The molecule has 1 rings (SSSR count). The van der Waals surface area contributed by atoms with E-state index in [1.807, 2.05) is 0 Å². The Kier molecular flexibility index (Phi) is 3.36. The normalized spacial score (nSPS) is 10.8. The molecule has 7 heteroatoms. The fourth-order valence-corrected chi connectivity index (χ4v) is 1.19. The first-order valence-electron chi connectivity index (χ1n) is 4.21. The number of carbonyl (C=O) groups excluding carboxylic acids is 1. The highest BCUT2D eigenvalue weighted by Gasteiger charge is 2.37. The molecule has 0 bridgehead atoms. The molecule has 0 unspecified atom stereocenters. The van der Waals surface area contributed by atoms with Crippen molar-refractivity contribution >= 4 is 5.97 Å². The first-order chi connectivity index (χ1) is 7.82. The van der Waals surface area contributed by atoms with E-state index in [0.29, 0.717) is 6.07 Å². The van der Waals surface area contributed by atoms with Crippen LogP contribution in [0.1, 0.15) is 21.5 Å². The van der Waals surface area contributed by atoms with Gasteiger partial charge in [0.1, 0.15) is 11.6 Å². The number of nitrogens with zero attached hydrogens (tertiary/aromatic N) is 1. The van der Waals surface area contributed by atoms with Crippen LogP contribution in [-0.4, -0.2) is 13.1 Å². The van der Waals surface area contributed by atoms with Crippen LogP contribution < -0.4 is 0 Å². The zero-order chi connectivity index (χ0) is 13.2. The third kappa shape index (κ3) is 2.36. The van der Waals surface area contributed by atoms with E-state index in [2.05, 4.69) is 4.74 Å². The molecule has 0 atom stereocenters. The number of nitriles is 1. The molecule has 0 heterocycles.